The van der Waals surface area contributed by atoms with Gasteiger partial charge in [0.25, 0.3) is 0 Å². The summed E-state index contributed by atoms with van der Waals surface area (Å²) in [6, 6.07) is 12.1. The van der Waals surface area contributed by atoms with Crippen molar-refractivity contribution in [2.75, 3.05) is 6.61 Å². The van der Waals surface area contributed by atoms with E-state index in [2.05, 4.69) is 9.97 Å². The third kappa shape index (κ3) is 5.28. The van der Waals surface area contributed by atoms with Crippen molar-refractivity contribution >= 4 is 40.0 Å². The van der Waals surface area contributed by atoms with Gasteiger partial charge in [-0.3, -0.25) is 4.98 Å². The minimum absolute atomic E-state index is 0.441. The number of carboxylic acids is 1. The highest BCUT2D eigenvalue weighted by Crippen LogP contribution is 2.38. The van der Waals surface area contributed by atoms with Gasteiger partial charge in [-0.15, -0.1) is 23.1 Å². The quantitative estimate of drug-likeness (QED) is 0.301. The van der Waals surface area contributed by atoms with Crippen LogP contribution in [-0.2, 0) is 16.7 Å². The van der Waals surface area contributed by atoms with E-state index in [-0.39, 0.29) is 0 Å². The summed E-state index contributed by atoms with van der Waals surface area (Å²) in [6.45, 7) is 1.43. The number of aryl methyl sites for hydroxylation is 1. The second kappa shape index (κ2) is 9.40. The van der Waals surface area contributed by atoms with E-state index in [1.165, 1.54) is 23.5 Å². The maximum absolute atomic E-state index is 12.8. The van der Waals surface area contributed by atoms with Crippen molar-refractivity contribution in [3.8, 4) is 16.3 Å². The Kier molecular flexibility index (Phi) is 6.57. The van der Waals surface area contributed by atoms with Crippen molar-refractivity contribution < 1.29 is 27.8 Å². The van der Waals surface area contributed by atoms with Crippen LogP contribution in [0, 0.1) is 6.92 Å². The molecule has 2 aromatic heterocycles. The molecule has 0 saturated carbocycles. The zero-order valence-corrected chi connectivity index (χ0v) is 18.9. The van der Waals surface area contributed by atoms with Gasteiger partial charge in [-0.05, 0) is 43.3 Å². The van der Waals surface area contributed by atoms with E-state index in [1.54, 1.807) is 30.1 Å². The van der Waals surface area contributed by atoms with Crippen molar-refractivity contribution in [1.29, 1.82) is 0 Å². The molecule has 4 aromatic rings. The molecule has 0 aliphatic carbocycles. The Morgan fingerprint density at radius 2 is 1.91 bits per heavy atom. The third-order valence-corrected chi connectivity index (χ3v) is 7.22. The number of rotatable bonds is 7. The van der Waals surface area contributed by atoms with E-state index in [9.17, 15) is 18.0 Å². The molecule has 0 fully saturated rings. The van der Waals surface area contributed by atoms with Crippen LogP contribution >= 0.6 is 23.1 Å². The average Bonchev–Trinajstić information content (AvgIpc) is 3.16. The van der Waals surface area contributed by atoms with E-state index < -0.39 is 24.3 Å². The van der Waals surface area contributed by atoms with Crippen LogP contribution in [0.15, 0.2) is 59.6 Å². The van der Waals surface area contributed by atoms with Gasteiger partial charge in [0.1, 0.15) is 10.8 Å². The average molecular weight is 491 g/mol. The molecule has 4 rings (SSSR count). The Hall–Kier alpha value is -3.11. The Bertz CT molecular complexity index is 1300. The monoisotopic (exact) mass is 490 g/mol. The maximum atomic E-state index is 12.8. The van der Waals surface area contributed by atoms with E-state index in [4.69, 9.17) is 9.84 Å². The zero-order valence-electron chi connectivity index (χ0n) is 17.2. The molecule has 2 aromatic carbocycles. The highest BCUT2D eigenvalue weighted by molar-refractivity contribution is 7.98. The fraction of sp³-hybridized carbons (Fsp3) is 0.174. The summed E-state index contributed by atoms with van der Waals surface area (Å²) >= 11 is 2.99. The van der Waals surface area contributed by atoms with E-state index in [0.717, 1.165) is 33.0 Å². The van der Waals surface area contributed by atoms with Crippen molar-refractivity contribution in [3.63, 3.8) is 0 Å². The maximum Gasteiger partial charge on any atom is 0.416 e. The molecule has 0 bridgehead atoms. The zero-order chi connectivity index (χ0) is 23.6. The SMILES string of the molecule is Cc1nc(-c2ccc(C(F)(F)F)cc2)sc1CSc1ccc(OCC(=O)O)c2cccnc12. The Labute approximate surface area is 195 Å². The minimum atomic E-state index is -4.37. The fourth-order valence-electron chi connectivity index (χ4n) is 3.13. The lowest BCUT2D eigenvalue weighted by molar-refractivity contribution is -0.139. The van der Waals surface area contributed by atoms with Crippen LogP contribution in [0.25, 0.3) is 21.5 Å². The first-order valence-corrected chi connectivity index (χ1v) is 11.5. The molecule has 170 valence electrons. The summed E-state index contributed by atoms with van der Waals surface area (Å²) in [5.41, 5.74) is 1.47. The van der Waals surface area contributed by atoms with Gasteiger partial charge in [-0.25, -0.2) is 9.78 Å². The number of halogens is 3. The molecule has 1 N–H and O–H groups in total. The first kappa shape index (κ1) is 23.1. The number of pyridine rings is 1. The second-order valence-corrected chi connectivity index (χ2v) is 9.14. The molecule has 0 saturated heterocycles. The van der Waals surface area contributed by atoms with Gasteiger partial charge in [-0.2, -0.15) is 13.2 Å². The van der Waals surface area contributed by atoms with E-state index >= 15 is 0 Å². The molecule has 0 spiro atoms. The molecule has 10 heteroatoms. The number of alkyl halides is 3. The van der Waals surface area contributed by atoms with Crippen LogP contribution in [-0.4, -0.2) is 27.7 Å². The molecular formula is C23H17F3N2O3S2. The molecule has 0 amide bonds. The summed E-state index contributed by atoms with van der Waals surface area (Å²) in [4.78, 5) is 21.7. The second-order valence-electron chi connectivity index (χ2n) is 7.04. The van der Waals surface area contributed by atoms with Gasteiger partial charge in [0.15, 0.2) is 6.61 Å². The summed E-state index contributed by atoms with van der Waals surface area (Å²) in [7, 11) is 0. The number of carboxylic acid groups (broad SMARTS) is 1. The predicted molar refractivity (Wildman–Crippen MR) is 122 cm³/mol. The molecule has 0 aliphatic rings. The number of fused-ring (bicyclic) bond motifs is 1. The lowest BCUT2D eigenvalue weighted by Crippen LogP contribution is -2.09. The third-order valence-electron chi connectivity index (χ3n) is 4.75. The van der Waals surface area contributed by atoms with Gasteiger partial charge in [-0.1, -0.05) is 12.1 Å². The number of thiazole rings is 1. The van der Waals surface area contributed by atoms with E-state index in [0.29, 0.717) is 27.6 Å². The van der Waals surface area contributed by atoms with Gasteiger partial charge in [0, 0.05) is 32.7 Å². The topological polar surface area (TPSA) is 72.3 Å². The molecular weight excluding hydrogens is 473 g/mol. The number of nitrogens with zero attached hydrogens (tertiary/aromatic N) is 2. The highest BCUT2D eigenvalue weighted by Gasteiger charge is 2.30. The lowest BCUT2D eigenvalue weighted by atomic mass is 10.1. The number of benzene rings is 2. The molecule has 33 heavy (non-hydrogen) atoms. The fourth-order valence-corrected chi connectivity index (χ4v) is 5.37. The summed E-state index contributed by atoms with van der Waals surface area (Å²) < 4.78 is 43.8. The van der Waals surface area contributed by atoms with Crippen LogP contribution in [0.3, 0.4) is 0 Å². The molecule has 5 nitrogen and oxygen atoms in total. The van der Waals surface area contributed by atoms with Crippen LogP contribution in [0.5, 0.6) is 5.75 Å². The van der Waals surface area contributed by atoms with Crippen LogP contribution < -0.4 is 4.74 Å². The largest absolute Gasteiger partial charge is 0.481 e. The number of aliphatic carboxylic acids is 1. The molecule has 0 radical (unpaired) electrons. The van der Waals surface area contributed by atoms with Crippen LogP contribution in [0.1, 0.15) is 16.1 Å². The van der Waals surface area contributed by atoms with Crippen LogP contribution in [0.2, 0.25) is 0 Å². The molecule has 2 heterocycles. The van der Waals surface area contributed by atoms with Gasteiger partial charge in [0.05, 0.1) is 16.8 Å². The first-order chi connectivity index (χ1) is 15.7. The highest BCUT2D eigenvalue weighted by atomic mass is 32.2. The number of hydrogen-bond acceptors (Lipinski definition) is 6. The van der Waals surface area contributed by atoms with Crippen molar-refractivity contribution in [2.24, 2.45) is 0 Å². The number of hydrogen-bond donors (Lipinski definition) is 1. The lowest BCUT2D eigenvalue weighted by Gasteiger charge is -2.10. The summed E-state index contributed by atoms with van der Waals surface area (Å²) in [5, 5.41) is 10.3. The van der Waals surface area contributed by atoms with E-state index in [1.807, 2.05) is 19.1 Å². The number of carbonyl (C=O) groups is 1. The minimum Gasteiger partial charge on any atom is -0.481 e. The van der Waals surface area contributed by atoms with Crippen molar-refractivity contribution in [3.05, 3.63) is 70.9 Å². The summed E-state index contributed by atoms with van der Waals surface area (Å²) in [5.74, 6) is -0.0103. The number of aromatic nitrogens is 2. The predicted octanol–water partition coefficient (Wildman–Crippen LogP) is 6.44. The Morgan fingerprint density at radius 3 is 2.61 bits per heavy atom. The van der Waals surface area contributed by atoms with Crippen LogP contribution in [0.4, 0.5) is 13.2 Å². The standard InChI is InChI=1S/C23H17F3N2O3S2/c1-13-19(33-22(28-13)14-4-6-15(7-5-14)23(24,25)26)12-32-18-9-8-17(31-11-20(29)30)16-3-2-10-27-21(16)18/h2-10H,11-12H2,1H3,(H,29,30). The van der Waals surface area contributed by atoms with Gasteiger partial charge >= 0.3 is 12.1 Å². The molecule has 0 unspecified atom stereocenters. The molecule has 0 aliphatic heterocycles. The van der Waals surface area contributed by atoms with Crippen molar-refractivity contribution in [1.82, 2.24) is 9.97 Å². The smallest absolute Gasteiger partial charge is 0.416 e. The van der Waals surface area contributed by atoms with Crippen molar-refractivity contribution in [2.45, 2.75) is 23.7 Å². The van der Waals surface area contributed by atoms with Gasteiger partial charge < -0.3 is 9.84 Å². The first-order valence-electron chi connectivity index (χ1n) is 9.71. The number of thioether (sulfide) groups is 1. The normalized spacial score (nSPS) is 11.6. The Balaban J connectivity index is 1.54. The summed E-state index contributed by atoms with van der Waals surface area (Å²) in [6.07, 6.45) is -2.71. The Morgan fingerprint density at radius 1 is 1.15 bits per heavy atom. The van der Waals surface area contributed by atoms with Gasteiger partial charge in [0.2, 0.25) is 0 Å². The molecule has 0 atom stereocenters. The number of ether oxygens (including phenoxy) is 1.